The Labute approximate surface area is 139 Å². The summed E-state index contributed by atoms with van der Waals surface area (Å²) in [6.07, 6.45) is 3.67. The van der Waals surface area contributed by atoms with Crippen LogP contribution in [0.3, 0.4) is 0 Å². The van der Waals surface area contributed by atoms with E-state index >= 15 is 0 Å². The molecular formula is C14H19FN4O3S. The second kappa shape index (κ2) is 10.6. The van der Waals surface area contributed by atoms with Crippen LogP contribution in [-0.4, -0.2) is 27.7 Å². The fourth-order valence-electron chi connectivity index (χ4n) is 1.70. The van der Waals surface area contributed by atoms with Crippen LogP contribution in [0.25, 0.3) is 0 Å². The highest BCUT2D eigenvalue weighted by atomic mass is 32.1. The van der Waals surface area contributed by atoms with Crippen molar-refractivity contribution in [1.29, 1.82) is 0 Å². The Morgan fingerprint density at radius 1 is 1.30 bits per heavy atom. The number of halogens is 1. The zero-order valence-electron chi connectivity index (χ0n) is 12.4. The topological polar surface area (TPSA) is 94.0 Å². The molecule has 0 aliphatic heterocycles. The van der Waals surface area contributed by atoms with Gasteiger partial charge in [-0.1, -0.05) is 18.6 Å². The first-order chi connectivity index (χ1) is 11.0. The Morgan fingerprint density at radius 3 is 2.74 bits per heavy atom. The summed E-state index contributed by atoms with van der Waals surface area (Å²) in [4.78, 5) is 22.5. The van der Waals surface area contributed by atoms with Crippen LogP contribution < -0.4 is 11.0 Å². The van der Waals surface area contributed by atoms with E-state index in [-0.39, 0.29) is 24.6 Å². The maximum atomic E-state index is 13.0. The van der Waals surface area contributed by atoms with Crippen molar-refractivity contribution in [3.05, 3.63) is 35.6 Å². The molecule has 7 nitrogen and oxygen atoms in total. The van der Waals surface area contributed by atoms with Crippen molar-refractivity contribution in [2.45, 2.75) is 32.1 Å². The summed E-state index contributed by atoms with van der Waals surface area (Å²) < 4.78 is 13.9. The molecule has 1 rings (SSSR count). The van der Waals surface area contributed by atoms with Gasteiger partial charge in [0.05, 0.1) is 6.21 Å². The first-order valence-electron chi connectivity index (χ1n) is 7.02. The molecule has 23 heavy (non-hydrogen) atoms. The standard InChI is InChI=1S/C14H19FN4O3S/c15-12-6-4-5-11(9-12)10-16-18-19(23)14(21)8-3-1-2-7-13(20)17-22/h4-6,9-10,18,22-23H,1-3,7-8H2,(H,17,20)/b16-10+. The number of carbonyl (C=O) groups is 2. The van der Waals surface area contributed by atoms with Crippen LogP contribution in [-0.2, 0) is 9.59 Å². The molecule has 9 heteroatoms. The van der Waals surface area contributed by atoms with E-state index < -0.39 is 5.91 Å². The van der Waals surface area contributed by atoms with Gasteiger partial charge in [0.25, 0.3) is 5.91 Å². The number of thiol groups is 1. The van der Waals surface area contributed by atoms with Crippen LogP contribution in [0.1, 0.15) is 37.7 Å². The van der Waals surface area contributed by atoms with Crippen molar-refractivity contribution in [1.82, 2.24) is 15.4 Å². The summed E-state index contributed by atoms with van der Waals surface area (Å²) >= 11 is 3.95. The minimum Gasteiger partial charge on any atom is -0.289 e. The predicted octanol–water partition coefficient (Wildman–Crippen LogP) is 1.79. The molecule has 1 aromatic carbocycles. The molecular weight excluding hydrogens is 323 g/mol. The third-order valence-electron chi connectivity index (χ3n) is 2.87. The number of hydroxylamine groups is 1. The van der Waals surface area contributed by atoms with Gasteiger partial charge in [0, 0.05) is 12.8 Å². The number of rotatable bonds is 9. The van der Waals surface area contributed by atoms with Crippen LogP contribution >= 0.6 is 12.8 Å². The lowest BCUT2D eigenvalue weighted by Gasteiger charge is -2.13. The molecule has 3 N–H and O–H groups in total. The van der Waals surface area contributed by atoms with E-state index in [1.165, 1.54) is 18.3 Å². The average molecular weight is 342 g/mol. The maximum absolute atomic E-state index is 13.0. The normalized spacial score (nSPS) is 10.6. The molecule has 0 aromatic heterocycles. The van der Waals surface area contributed by atoms with E-state index in [9.17, 15) is 14.0 Å². The number of hydrogen-bond acceptors (Lipinski definition) is 6. The van der Waals surface area contributed by atoms with Gasteiger partial charge in [-0.15, -0.1) is 0 Å². The van der Waals surface area contributed by atoms with Gasteiger partial charge in [-0.05, 0) is 43.4 Å². The molecule has 0 heterocycles. The SMILES string of the molecule is O=C(CCCCCC(=O)N(S)N/N=C/c1cccc(F)c1)NO. The van der Waals surface area contributed by atoms with Gasteiger partial charge in [0.15, 0.2) is 0 Å². The summed E-state index contributed by atoms with van der Waals surface area (Å²) in [6.45, 7) is 0. The van der Waals surface area contributed by atoms with Crippen molar-refractivity contribution < 1.29 is 19.2 Å². The lowest BCUT2D eigenvalue weighted by molar-refractivity contribution is -0.129. The summed E-state index contributed by atoms with van der Waals surface area (Å²) in [5.41, 5.74) is 4.51. The number of hydrogen-bond donors (Lipinski definition) is 4. The number of benzene rings is 1. The molecule has 0 atom stereocenters. The van der Waals surface area contributed by atoms with E-state index in [0.29, 0.717) is 24.8 Å². The Hall–Kier alpha value is -2.13. The minimum atomic E-state index is -0.444. The quantitative estimate of drug-likeness (QED) is 0.181. The van der Waals surface area contributed by atoms with Gasteiger partial charge in [0.2, 0.25) is 5.91 Å². The molecule has 126 valence electrons. The van der Waals surface area contributed by atoms with Gasteiger partial charge >= 0.3 is 0 Å². The van der Waals surface area contributed by atoms with Crippen molar-refractivity contribution in [2.75, 3.05) is 0 Å². The smallest absolute Gasteiger partial charge is 0.252 e. The Bertz CT molecular complexity index is 557. The molecule has 0 saturated carbocycles. The van der Waals surface area contributed by atoms with E-state index in [4.69, 9.17) is 5.21 Å². The largest absolute Gasteiger partial charge is 0.289 e. The number of nitrogens with zero attached hydrogens (tertiary/aromatic N) is 2. The minimum absolute atomic E-state index is 0.214. The molecule has 2 amide bonds. The molecule has 0 spiro atoms. The van der Waals surface area contributed by atoms with Crippen LogP contribution in [0, 0.1) is 5.82 Å². The second-order valence-electron chi connectivity index (χ2n) is 4.71. The van der Waals surface area contributed by atoms with E-state index in [2.05, 4.69) is 23.5 Å². The Morgan fingerprint density at radius 2 is 2.04 bits per heavy atom. The van der Waals surface area contributed by atoms with Crippen LogP contribution in [0.5, 0.6) is 0 Å². The van der Waals surface area contributed by atoms with E-state index in [1.807, 2.05) is 0 Å². The van der Waals surface area contributed by atoms with Gasteiger partial charge in [-0.3, -0.25) is 14.8 Å². The highest BCUT2D eigenvalue weighted by molar-refractivity contribution is 7.78. The van der Waals surface area contributed by atoms with Gasteiger partial charge in [-0.25, -0.2) is 15.4 Å². The third kappa shape index (κ3) is 8.17. The number of unbranched alkanes of at least 4 members (excludes halogenated alkanes) is 2. The average Bonchev–Trinajstić information content (AvgIpc) is 2.54. The Kier molecular flexibility index (Phi) is 8.70. The fourth-order valence-corrected chi connectivity index (χ4v) is 1.85. The monoisotopic (exact) mass is 342 g/mol. The van der Waals surface area contributed by atoms with E-state index in [0.717, 1.165) is 4.41 Å². The maximum Gasteiger partial charge on any atom is 0.252 e. The number of carbonyl (C=O) groups excluding carboxylic acids is 2. The zero-order valence-corrected chi connectivity index (χ0v) is 13.3. The van der Waals surface area contributed by atoms with Gasteiger partial charge < -0.3 is 0 Å². The van der Waals surface area contributed by atoms with Crippen molar-refractivity contribution in [3.8, 4) is 0 Å². The van der Waals surface area contributed by atoms with Crippen molar-refractivity contribution in [3.63, 3.8) is 0 Å². The number of amides is 2. The molecule has 0 bridgehead atoms. The summed E-state index contributed by atoms with van der Waals surface area (Å²) in [6, 6.07) is 5.85. The van der Waals surface area contributed by atoms with Gasteiger partial charge in [0.1, 0.15) is 5.82 Å². The zero-order chi connectivity index (χ0) is 17.1. The number of hydrazine groups is 1. The molecule has 0 unspecified atom stereocenters. The third-order valence-corrected chi connectivity index (χ3v) is 3.18. The summed E-state index contributed by atoms with van der Waals surface area (Å²) in [7, 11) is 0. The lowest BCUT2D eigenvalue weighted by atomic mass is 10.1. The van der Waals surface area contributed by atoms with Crippen molar-refractivity contribution >= 4 is 30.8 Å². The molecule has 0 aliphatic rings. The molecule has 0 aliphatic carbocycles. The fraction of sp³-hybridized carbons (Fsp3) is 0.357. The highest BCUT2D eigenvalue weighted by Gasteiger charge is 2.08. The number of nitrogens with one attached hydrogen (secondary N) is 2. The van der Waals surface area contributed by atoms with Crippen LogP contribution in [0.15, 0.2) is 29.4 Å². The van der Waals surface area contributed by atoms with E-state index in [1.54, 1.807) is 17.6 Å². The summed E-state index contributed by atoms with van der Waals surface area (Å²) in [5, 5.41) is 12.1. The molecule has 0 radical (unpaired) electrons. The molecule has 1 aromatic rings. The Balaban J connectivity index is 2.22. The predicted molar refractivity (Wildman–Crippen MR) is 86.0 cm³/mol. The van der Waals surface area contributed by atoms with Crippen LogP contribution in [0.4, 0.5) is 4.39 Å². The van der Waals surface area contributed by atoms with Crippen molar-refractivity contribution in [2.24, 2.45) is 5.10 Å². The first-order valence-corrected chi connectivity index (χ1v) is 7.42. The van der Waals surface area contributed by atoms with Crippen LogP contribution in [0.2, 0.25) is 0 Å². The van der Waals surface area contributed by atoms with Gasteiger partial charge in [-0.2, -0.15) is 9.52 Å². The molecule has 0 saturated heterocycles. The number of hydrazone groups is 1. The highest BCUT2D eigenvalue weighted by Crippen LogP contribution is 2.06. The lowest BCUT2D eigenvalue weighted by Crippen LogP contribution is -2.31. The summed E-state index contributed by atoms with van der Waals surface area (Å²) in [5.74, 6) is -1.10. The molecule has 0 fully saturated rings. The first kappa shape index (κ1) is 18.9. The second-order valence-corrected chi connectivity index (χ2v) is 5.11.